The fourth-order valence-electron chi connectivity index (χ4n) is 3.26. The summed E-state index contributed by atoms with van der Waals surface area (Å²) in [4.78, 5) is 19.5. The first-order valence-corrected chi connectivity index (χ1v) is 8.89. The molecule has 1 saturated heterocycles. The second kappa shape index (κ2) is 7.40. The van der Waals surface area contributed by atoms with E-state index in [0.29, 0.717) is 36.5 Å². The van der Waals surface area contributed by atoms with Crippen molar-refractivity contribution in [3.63, 3.8) is 0 Å². The predicted molar refractivity (Wildman–Crippen MR) is 97.1 cm³/mol. The Morgan fingerprint density at radius 2 is 2.22 bits per heavy atom. The number of fused-ring (bicyclic) bond motifs is 1. The molecule has 4 rings (SSSR count). The number of hydrogen-bond acceptors (Lipinski definition) is 5. The third-order valence-electron chi connectivity index (χ3n) is 4.64. The van der Waals surface area contributed by atoms with Crippen LogP contribution in [-0.4, -0.2) is 57.2 Å². The van der Waals surface area contributed by atoms with Crippen LogP contribution >= 0.6 is 0 Å². The highest BCUT2D eigenvalue weighted by atomic mass is 19.1. The topological polar surface area (TPSA) is 73.1 Å². The maximum absolute atomic E-state index is 13.1. The van der Waals surface area contributed by atoms with E-state index in [0.717, 1.165) is 11.1 Å². The molecule has 3 aromatic rings. The summed E-state index contributed by atoms with van der Waals surface area (Å²) in [5.41, 5.74) is 2.76. The third-order valence-corrected chi connectivity index (χ3v) is 4.64. The van der Waals surface area contributed by atoms with Crippen LogP contribution in [0.5, 0.6) is 0 Å². The van der Waals surface area contributed by atoms with Crippen molar-refractivity contribution in [1.82, 2.24) is 24.9 Å². The Hall–Kier alpha value is -2.87. The van der Waals surface area contributed by atoms with Crippen LogP contribution in [0.25, 0.3) is 10.9 Å². The molecule has 0 spiro atoms. The molecule has 0 N–H and O–H groups in total. The lowest BCUT2D eigenvalue weighted by atomic mass is 10.1. The number of aromatic nitrogens is 4. The molecule has 27 heavy (non-hydrogen) atoms. The van der Waals surface area contributed by atoms with Crippen molar-refractivity contribution >= 4 is 16.8 Å². The smallest absolute Gasteiger partial charge is 0.256 e. The number of amides is 1. The summed E-state index contributed by atoms with van der Waals surface area (Å²) >= 11 is 0. The number of carbonyl (C=O) groups is 1. The van der Waals surface area contributed by atoms with Crippen molar-refractivity contribution in [2.45, 2.75) is 19.6 Å². The molecular weight excluding hydrogens is 349 g/mol. The Morgan fingerprint density at radius 3 is 3.07 bits per heavy atom. The molecule has 1 aromatic carbocycles. The van der Waals surface area contributed by atoms with E-state index in [2.05, 4.69) is 15.3 Å². The molecule has 8 heteroatoms. The van der Waals surface area contributed by atoms with Crippen LogP contribution in [0, 0.1) is 6.92 Å². The molecular formula is C19H20FN5O2. The highest BCUT2D eigenvalue weighted by molar-refractivity contribution is 6.05. The summed E-state index contributed by atoms with van der Waals surface area (Å²) in [6.45, 7) is 2.83. The van der Waals surface area contributed by atoms with Gasteiger partial charge in [-0.3, -0.25) is 9.78 Å². The lowest BCUT2D eigenvalue weighted by Gasteiger charge is -2.32. The number of nitrogens with zero attached hydrogens (tertiary/aromatic N) is 5. The van der Waals surface area contributed by atoms with Gasteiger partial charge in [-0.1, -0.05) is 23.4 Å². The van der Waals surface area contributed by atoms with Crippen LogP contribution < -0.4 is 0 Å². The van der Waals surface area contributed by atoms with Gasteiger partial charge in [0.15, 0.2) is 0 Å². The largest absolute Gasteiger partial charge is 0.368 e. The van der Waals surface area contributed by atoms with E-state index in [-0.39, 0.29) is 18.6 Å². The number of halogens is 1. The molecule has 0 bridgehead atoms. The van der Waals surface area contributed by atoms with Gasteiger partial charge < -0.3 is 9.64 Å². The van der Waals surface area contributed by atoms with E-state index in [9.17, 15) is 9.18 Å². The number of aryl methyl sites for hydroxylation is 2. The first-order valence-electron chi connectivity index (χ1n) is 8.89. The van der Waals surface area contributed by atoms with Crippen molar-refractivity contribution < 1.29 is 13.9 Å². The molecule has 7 nitrogen and oxygen atoms in total. The van der Waals surface area contributed by atoms with Gasteiger partial charge >= 0.3 is 0 Å². The van der Waals surface area contributed by atoms with Gasteiger partial charge in [0.1, 0.15) is 18.5 Å². The van der Waals surface area contributed by atoms with Crippen molar-refractivity contribution in [2.24, 2.45) is 0 Å². The van der Waals surface area contributed by atoms with Gasteiger partial charge in [0, 0.05) is 17.6 Å². The lowest BCUT2D eigenvalue weighted by Crippen LogP contribution is -2.42. The molecule has 3 heterocycles. The number of carbonyl (C=O) groups excluding carboxylic acids is 1. The van der Waals surface area contributed by atoms with E-state index >= 15 is 0 Å². The summed E-state index contributed by atoms with van der Waals surface area (Å²) < 4.78 is 19.7. The molecule has 1 atom stereocenters. The van der Waals surface area contributed by atoms with E-state index < -0.39 is 6.67 Å². The molecule has 1 aliphatic rings. The highest BCUT2D eigenvalue weighted by Crippen LogP contribution is 2.24. The highest BCUT2D eigenvalue weighted by Gasteiger charge is 2.29. The molecule has 140 valence electrons. The Bertz CT molecular complexity index is 974. The molecule has 0 radical (unpaired) electrons. The first-order chi connectivity index (χ1) is 13.2. The van der Waals surface area contributed by atoms with Gasteiger partial charge in [0.2, 0.25) is 0 Å². The number of hydrogen-bond donors (Lipinski definition) is 0. The number of alkyl halides is 1. The zero-order chi connectivity index (χ0) is 18.8. The number of morpholine rings is 1. The Labute approximate surface area is 155 Å². The average Bonchev–Trinajstić information content (AvgIpc) is 3.16. The molecule has 1 fully saturated rings. The van der Waals surface area contributed by atoms with Crippen LogP contribution in [-0.2, 0) is 11.3 Å². The molecule has 0 saturated carbocycles. The second-order valence-corrected chi connectivity index (χ2v) is 6.54. The molecule has 0 aliphatic carbocycles. The molecule has 1 aliphatic heterocycles. The number of para-hydroxylation sites is 1. The van der Waals surface area contributed by atoms with Crippen LogP contribution in [0.4, 0.5) is 4.39 Å². The van der Waals surface area contributed by atoms with Crippen molar-refractivity contribution in [3.8, 4) is 0 Å². The summed E-state index contributed by atoms with van der Waals surface area (Å²) in [7, 11) is 0. The zero-order valence-corrected chi connectivity index (χ0v) is 15.0. The Morgan fingerprint density at radius 1 is 1.33 bits per heavy atom. The SMILES string of the molecule is Cc1ccc2cccc(C(=O)N3CCOC(c4cn(CCF)nn4)C3)c2n1. The third kappa shape index (κ3) is 3.52. The number of benzene rings is 1. The predicted octanol–water partition coefficient (Wildman–Crippen LogP) is 2.32. The average molecular weight is 369 g/mol. The van der Waals surface area contributed by atoms with Gasteiger partial charge in [-0.15, -0.1) is 5.10 Å². The Kier molecular flexibility index (Phi) is 4.81. The number of rotatable bonds is 4. The fourth-order valence-corrected chi connectivity index (χ4v) is 3.26. The molecule has 1 unspecified atom stereocenters. The minimum absolute atomic E-state index is 0.0804. The van der Waals surface area contributed by atoms with Crippen LogP contribution in [0.2, 0.25) is 0 Å². The summed E-state index contributed by atoms with van der Waals surface area (Å²) in [6, 6.07) is 9.53. The number of ether oxygens (including phenoxy) is 1. The summed E-state index contributed by atoms with van der Waals surface area (Å²) in [5, 5.41) is 8.89. The maximum atomic E-state index is 13.1. The van der Waals surface area contributed by atoms with Crippen molar-refractivity contribution in [3.05, 3.63) is 53.5 Å². The van der Waals surface area contributed by atoms with Crippen molar-refractivity contribution in [2.75, 3.05) is 26.4 Å². The van der Waals surface area contributed by atoms with Gasteiger partial charge in [-0.25, -0.2) is 9.07 Å². The van der Waals surface area contributed by atoms with E-state index in [1.165, 1.54) is 4.68 Å². The van der Waals surface area contributed by atoms with E-state index in [1.807, 2.05) is 31.2 Å². The van der Waals surface area contributed by atoms with Gasteiger partial charge in [0.05, 0.1) is 37.0 Å². The van der Waals surface area contributed by atoms with E-state index in [1.54, 1.807) is 17.2 Å². The molecule has 2 aromatic heterocycles. The minimum Gasteiger partial charge on any atom is -0.368 e. The summed E-state index contributed by atoms with van der Waals surface area (Å²) in [5.74, 6) is -0.0804. The maximum Gasteiger partial charge on any atom is 0.256 e. The Balaban J connectivity index is 1.58. The van der Waals surface area contributed by atoms with Crippen molar-refractivity contribution in [1.29, 1.82) is 0 Å². The zero-order valence-electron chi connectivity index (χ0n) is 15.0. The summed E-state index contributed by atoms with van der Waals surface area (Å²) in [6.07, 6.45) is 1.29. The van der Waals surface area contributed by atoms with E-state index in [4.69, 9.17) is 4.74 Å². The van der Waals surface area contributed by atoms with Crippen LogP contribution in [0.3, 0.4) is 0 Å². The van der Waals surface area contributed by atoms with Gasteiger partial charge in [0.25, 0.3) is 5.91 Å². The van der Waals surface area contributed by atoms with Gasteiger partial charge in [-0.05, 0) is 19.1 Å². The van der Waals surface area contributed by atoms with Crippen LogP contribution in [0.1, 0.15) is 27.8 Å². The minimum atomic E-state index is -0.508. The van der Waals surface area contributed by atoms with Gasteiger partial charge in [-0.2, -0.15) is 0 Å². The lowest BCUT2D eigenvalue weighted by molar-refractivity contribution is -0.0247. The molecule has 1 amide bonds. The number of pyridine rings is 1. The monoisotopic (exact) mass is 369 g/mol. The quantitative estimate of drug-likeness (QED) is 0.706. The standard InChI is InChI=1S/C19H20FN5O2/c1-13-5-6-14-3-2-4-15(18(14)21-13)19(26)24-9-10-27-17(12-24)16-11-25(8-7-20)23-22-16/h2-6,11,17H,7-10,12H2,1H3. The van der Waals surface area contributed by atoms with Crippen LogP contribution in [0.15, 0.2) is 36.5 Å². The second-order valence-electron chi connectivity index (χ2n) is 6.54. The first kappa shape index (κ1) is 17.5. The normalized spacial score (nSPS) is 17.4. The fraction of sp³-hybridized carbons (Fsp3) is 0.368.